The molecule has 0 radical (unpaired) electrons. The van der Waals surface area contributed by atoms with E-state index in [1.165, 1.54) is 11.1 Å². The van der Waals surface area contributed by atoms with Gasteiger partial charge in [-0.15, -0.1) is 0 Å². The van der Waals surface area contributed by atoms with Crippen molar-refractivity contribution in [1.29, 1.82) is 0 Å². The summed E-state index contributed by atoms with van der Waals surface area (Å²) >= 11 is 0. The summed E-state index contributed by atoms with van der Waals surface area (Å²) in [6.07, 6.45) is 4.17. The van der Waals surface area contributed by atoms with Crippen LogP contribution < -0.4 is 5.32 Å². The number of ether oxygens (including phenoxy) is 1. The zero-order chi connectivity index (χ0) is 17.9. The van der Waals surface area contributed by atoms with Gasteiger partial charge in [0.15, 0.2) is 0 Å². The summed E-state index contributed by atoms with van der Waals surface area (Å²) in [5.74, 6) is 0.233. The number of nitrogens with one attached hydrogen (secondary N) is 1. The fraction of sp³-hybridized carbons (Fsp3) is 0.600. The predicted molar refractivity (Wildman–Crippen MR) is 96.2 cm³/mol. The molecule has 2 aliphatic rings. The summed E-state index contributed by atoms with van der Waals surface area (Å²) in [6, 6.07) is 8.62. The third kappa shape index (κ3) is 4.40. The van der Waals surface area contributed by atoms with Crippen LogP contribution in [0.4, 0.5) is 0 Å². The molecule has 2 atom stereocenters. The molecule has 2 amide bonds. The van der Waals surface area contributed by atoms with Crippen LogP contribution in [0.15, 0.2) is 24.3 Å². The molecule has 0 aliphatic carbocycles. The van der Waals surface area contributed by atoms with E-state index < -0.39 is 0 Å². The first kappa shape index (κ1) is 17.9. The Morgan fingerprint density at radius 1 is 1.36 bits per heavy atom. The molecule has 0 saturated carbocycles. The first-order chi connectivity index (χ1) is 12.0. The average molecular weight is 344 g/mol. The van der Waals surface area contributed by atoms with Crippen LogP contribution in [0.1, 0.15) is 43.2 Å². The molecule has 5 nitrogen and oxygen atoms in total. The second-order valence-corrected chi connectivity index (χ2v) is 7.51. The van der Waals surface area contributed by atoms with Crippen LogP contribution in [0.3, 0.4) is 0 Å². The highest BCUT2D eigenvalue weighted by atomic mass is 16.5. The first-order valence-corrected chi connectivity index (χ1v) is 9.17. The van der Waals surface area contributed by atoms with Gasteiger partial charge in [0.05, 0.1) is 12.6 Å². The third-order valence-electron chi connectivity index (χ3n) is 5.56. The Bertz CT molecular complexity index is 622. The Morgan fingerprint density at radius 3 is 2.72 bits per heavy atom. The number of carbonyl (C=O) groups excluding carboxylic acids is 2. The highest BCUT2D eigenvalue weighted by molar-refractivity contribution is 5.80. The van der Waals surface area contributed by atoms with Gasteiger partial charge in [0.1, 0.15) is 0 Å². The van der Waals surface area contributed by atoms with Crippen LogP contribution in [-0.4, -0.2) is 48.6 Å². The molecule has 1 N–H and O–H groups in total. The minimum absolute atomic E-state index is 0.0945. The van der Waals surface area contributed by atoms with Gasteiger partial charge >= 0.3 is 0 Å². The van der Waals surface area contributed by atoms with E-state index in [1.807, 2.05) is 11.9 Å². The van der Waals surface area contributed by atoms with Gasteiger partial charge in [0.25, 0.3) is 0 Å². The van der Waals surface area contributed by atoms with E-state index in [1.54, 1.807) is 0 Å². The van der Waals surface area contributed by atoms with Gasteiger partial charge in [0.2, 0.25) is 11.8 Å². The molecular formula is C20H28N2O3. The highest BCUT2D eigenvalue weighted by Crippen LogP contribution is 2.30. The minimum atomic E-state index is -0.297. The molecule has 2 aliphatic heterocycles. The van der Waals surface area contributed by atoms with Crippen LogP contribution in [-0.2, 0) is 20.7 Å². The van der Waals surface area contributed by atoms with Gasteiger partial charge in [-0.1, -0.05) is 29.8 Å². The highest BCUT2D eigenvalue weighted by Gasteiger charge is 2.38. The Hall–Kier alpha value is -1.88. The molecule has 25 heavy (non-hydrogen) atoms. The number of hydrogen-bond acceptors (Lipinski definition) is 3. The summed E-state index contributed by atoms with van der Waals surface area (Å²) < 4.78 is 5.38. The van der Waals surface area contributed by atoms with Crippen LogP contribution in [0, 0.1) is 6.92 Å². The number of nitrogens with zero attached hydrogens (tertiary/aromatic N) is 1. The quantitative estimate of drug-likeness (QED) is 0.861. The topological polar surface area (TPSA) is 58.6 Å². The van der Waals surface area contributed by atoms with Crippen molar-refractivity contribution in [2.45, 2.75) is 57.0 Å². The number of likely N-dealkylation sites (N-methyl/N-ethyl adjacent to an activating group) is 1. The SMILES string of the molecule is Cc1ccc(CC2(CCC(=O)N(C)C3CCOC3)CCC(=O)N2)cc1. The normalized spacial score (nSPS) is 25.8. The second kappa shape index (κ2) is 7.56. The molecule has 1 aromatic rings. The molecule has 2 heterocycles. The zero-order valence-corrected chi connectivity index (χ0v) is 15.2. The molecule has 3 rings (SSSR count). The number of rotatable bonds is 6. The van der Waals surface area contributed by atoms with E-state index in [2.05, 4.69) is 36.5 Å². The summed E-state index contributed by atoms with van der Waals surface area (Å²) in [5, 5.41) is 3.16. The number of benzene rings is 1. The Morgan fingerprint density at radius 2 is 2.12 bits per heavy atom. The van der Waals surface area contributed by atoms with E-state index in [0.717, 1.165) is 25.9 Å². The van der Waals surface area contributed by atoms with Gasteiger partial charge in [-0.2, -0.15) is 0 Å². The van der Waals surface area contributed by atoms with Crippen molar-refractivity contribution in [3.8, 4) is 0 Å². The monoisotopic (exact) mass is 344 g/mol. The van der Waals surface area contributed by atoms with E-state index >= 15 is 0 Å². The zero-order valence-electron chi connectivity index (χ0n) is 15.2. The van der Waals surface area contributed by atoms with Crippen molar-refractivity contribution in [1.82, 2.24) is 10.2 Å². The molecule has 2 fully saturated rings. The van der Waals surface area contributed by atoms with Gasteiger partial charge in [0, 0.05) is 32.0 Å². The van der Waals surface area contributed by atoms with Gasteiger partial charge < -0.3 is 15.0 Å². The second-order valence-electron chi connectivity index (χ2n) is 7.51. The molecule has 0 spiro atoms. The molecule has 2 saturated heterocycles. The maximum absolute atomic E-state index is 12.6. The largest absolute Gasteiger partial charge is 0.379 e. The Balaban J connectivity index is 1.63. The number of hydrogen-bond donors (Lipinski definition) is 1. The van der Waals surface area contributed by atoms with E-state index in [4.69, 9.17) is 4.74 Å². The van der Waals surface area contributed by atoms with Crippen LogP contribution in [0.5, 0.6) is 0 Å². The Kier molecular flexibility index (Phi) is 5.42. The number of aryl methyl sites for hydroxylation is 1. The van der Waals surface area contributed by atoms with Crippen LogP contribution in [0.2, 0.25) is 0 Å². The van der Waals surface area contributed by atoms with E-state index in [9.17, 15) is 9.59 Å². The fourth-order valence-electron chi connectivity index (χ4n) is 3.83. The smallest absolute Gasteiger partial charge is 0.222 e. The lowest BCUT2D eigenvalue weighted by molar-refractivity contribution is -0.132. The van der Waals surface area contributed by atoms with Gasteiger partial charge in [-0.05, 0) is 38.2 Å². The van der Waals surface area contributed by atoms with Crippen molar-refractivity contribution in [2.75, 3.05) is 20.3 Å². The number of carbonyl (C=O) groups is 2. The lowest BCUT2D eigenvalue weighted by Gasteiger charge is -2.31. The van der Waals surface area contributed by atoms with Crippen molar-refractivity contribution >= 4 is 11.8 Å². The fourth-order valence-corrected chi connectivity index (χ4v) is 3.83. The summed E-state index contributed by atoms with van der Waals surface area (Å²) in [4.78, 5) is 26.3. The summed E-state index contributed by atoms with van der Waals surface area (Å²) in [6.45, 7) is 3.43. The van der Waals surface area contributed by atoms with E-state index in [-0.39, 0.29) is 23.4 Å². The number of amides is 2. The standard InChI is InChI=1S/C20H28N2O3/c1-15-3-5-16(6-4-15)13-20(10-7-18(23)21-20)11-8-19(24)22(2)17-9-12-25-14-17/h3-6,17H,7-14H2,1-2H3,(H,21,23). The van der Waals surface area contributed by atoms with Crippen molar-refractivity contribution in [3.63, 3.8) is 0 Å². The van der Waals surface area contributed by atoms with Crippen molar-refractivity contribution < 1.29 is 14.3 Å². The van der Waals surface area contributed by atoms with Crippen LogP contribution >= 0.6 is 0 Å². The average Bonchev–Trinajstić information content (AvgIpc) is 3.25. The maximum Gasteiger partial charge on any atom is 0.222 e. The molecule has 1 aromatic carbocycles. The van der Waals surface area contributed by atoms with Crippen LogP contribution in [0.25, 0.3) is 0 Å². The molecule has 0 bridgehead atoms. The molecule has 0 aromatic heterocycles. The molecule has 136 valence electrons. The first-order valence-electron chi connectivity index (χ1n) is 9.17. The maximum atomic E-state index is 12.6. The minimum Gasteiger partial charge on any atom is -0.379 e. The van der Waals surface area contributed by atoms with E-state index in [0.29, 0.717) is 25.9 Å². The van der Waals surface area contributed by atoms with Gasteiger partial charge in [-0.3, -0.25) is 9.59 Å². The molecular weight excluding hydrogens is 316 g/mol. The van der Waals surface area contributed by atoms with Crippen molar-refractivity contribution in [2.24, 2.45) is 0 Å². The molecule has 5 heteroatoms. The third-order valence-corrected chi connectivity index (χ3v) is 5.56. The Labute approximate surface area is 149 Å². The van der Waals surface area contributed by atoms with Gasteiger partial charge in [-0.25, -0.2) is 0 Å². The lowest BCUT2D eigenvalue weighted by atomic mass is 9.84. The van der Waals surface area contributed by atoms with Crippen molar-refractivity contribution in [3.05, 3.63) is 35.4 Å². The summed E-state index contributed by atoms with van der Waals surface area (Å²) in [5.41, 5.74) is 2.14. The lowest BCUT2D eigenvalue weighted by Crippen LogP contribution is -2.45. The summed E-state index contributed by atoms with van der Waals surface area (Å²) in [7, 11) is 1.86. The molecule has 2 unspecified atom stereocenters. The predicted octanol–water partition coefficient (Wildman–Crippen LogP) is 2.21.